The van der Waals surface area contributed by atoms with Crippen LogP contribution >= 0.6 is 0 Å². The van der Waals surface area contributed by atoms with E-state index >= 15 is 0 Å². The molecule has 0 fully saturated rings. The molecule has 0 heterocycles. The molecule has 0 unspecified atom stereocenters. The van der Waals surface area contributed by atoms with Crippen molar-refractivity contribution in [2.45, 2.75) is 13.0 Å². The summed E-state index contributed by atoms with van der Waals surface area (Å²) in [5.74, 6) is -0.248. The normalized spacial score (nSPS) is 12.2. The van der Waals surface area contributed by atoms with E-state index in [1.54, 1.807) is 12.1 Å². The zero-order chi connectivity index (χ0) is 11.3. The number of nitrogens with one attached hydrogen (secondary N) is 1. The second-order valence-electron chi connectivity index (χ2n) is 3.41. The van der Waals surface area contributed by atoms with E-state index in [0.717, 1.165) is 5.56 Å². The van der Waals surface area contributed by atoms with E-state index in [4.69, 9.17) is 10.2 Å². The molecular formula is C11H15NO3. The predicted molar refractivity (Wildman–Crippen MR) is 56.6 cm³/mol. The van der Waals surface area contributed by atoms with Crippen molar-refractivity contribution in [1.29, 1.82) is 0 Å². The first-order valence-corrected chi connectivity index (χ1v) is 4.77. The molecule has 0 bridgehead atoms. The van der Waals surface area contributed by atoms with Gasteiger partial charge in [-0.05, 0) is 19.1 Å². The van der Waals surface area contributed by atoms with Gasteiger partial charge in [-0.1, -0.05) is 17.7 Å². The van der Waals surface area contributed by atoms with Crippen LogP contribution in [0.2, 0.25) is 0 Å². The Bertz CT molecular complexity index is 321. The third kappa shape index (κ3) is 3.69. The first-order chi connectivity index (χ1) is 7.13. The number of carbonyl (C=O) groups excluding carboxylic acids is 1. The highest BCUT2D eigenvalue weighted by Gasteiger charge is 2.07. The molecule has 82 valence electrons. The van der Waals surface area contributed by atoms with Gasteiger partial charge in [-0.25, -0.2) is 0 Å². The third-order valence-corrected chi connectivity index (χ3v) is 2.02. The molecule has 4 nitrogen and oxygen atoms in total. The molecule has 3 N–H and O–H groups in total. The summed E-state index contributed by atoms with van der Waals surface area (Å²) < 4.78 is 0. The van der Waals surface area contributed by atoms with E-state index in [2.05, 4.69) is 5.32 Å². The van der Waals surface area contributed by atoms with Gasteiger partial charge in [0.2, 0.25) is 0 Å². The van der Waals surface area contributed by atoms with Gasteiger partial charge >= 0.3 is 0 Å². The molecule has 0 aliphatic heterocycles. The minimum atomic E-state index is -0.903. The van der Waals surface area contributed by atoms with Gasteiger partial charge in [0.05, 0.1) is 12.7 Å². The number of hydrogen-bond acceptors (Lipinski definition) is 3. The highest BCUT2D eigenvalue weighted by molar-refractivity contribution is 5.94. The van der Waals surface area contributed by atoms with Gasteiger partial charge in [0, 0.05) is 12.1 Å². The Hall–Kier alpha value is -1.39. The largest absolute Gasteiger partial charge is 0.394 e. The lowest BCUT2D eigenvalue weighted by Gasteiger charge is -2.08. The summed E-state index contributed by atoms with van der Waals surface area (Å²) in [4.78, 5) is 11.5. The van der Waals surface area contributed by atoms with Crippen LogP contribution in [0.5, 0.6) is 0 Å². The Morgan fingerprint density at radius 2 is 2.00 bits per heavy atom. The quantitative estimate of drug-likeness (QED) is 0.657. The fraction of sp³-hybridized carbons (Fsp3) is 0.364. The van der Waals surface area contributed by atoms with Crippen molar-refractivity contribution in [3.8, 4) is 0 Å². The number of benzene rings is 1. The van der Waals surface area contributed by atoms with Gasteiger partial charge in [0.15, 0.2) is 0 Å². The van der Waals surface area contributed by atoms with E-state index in [1.807, 2.05) is 19.1 Å². The number of amides is 1. The Morgan fingerprint density at radius 3 is 2.53 bits per heavy atom. The van der Waals surface area contributed by atoms with Crippen LogP contribution in [-0.2, 0) is 0 Å². The third-order valence-electron chi connectivity index (χ3n) is 2.02. The van der Waals surface area contributed by atoms with Crippen LogP contribution in [0, 0.1) is 6.92 Å². The fourth-order valence-electron chi connectivity index (χ4n) is 1.08. The van der Waals surface area contributed by atoms with Gasteiger partial charge < -0.3 is 15.5 Å². The Balaban J connectivity index is 2.50. The highest BCUT2D eigenvalue weighted by Crippen LogP contribution is 2.02. The molecule has 0 saturated carbocycles. The molecule has 1 rings (SSSR count). The maximum absolute atomic E-state index is 11.5. The van der Waals surface area contributed by atoms with Crippen LogP contribution in [0.15, 0.2) is 24.3 Å². The van der Waals surface area contributed by atoms with E-state index in [9.17, 15) is 4.79 Å². The van der Waals surface area contributed by atoms with E-state index in [0.29, 0.717) is 5.56 Å². The molecule has 1 aromatic carbocycles. The minimum Gasteiger partial charge on any atom is -0.394 e. The lowest BCUT2D eigenvalue weighted by atomic mass is 10.1. The van der Waals surface area contributed by atoms with Crippen LogP contribution in [0.1, 0.15) is 15.9 Å². The second kappa shape index (κ2) is 5.48. The van der Waals surface area contributed by atoms with Gasteiger partial charge in [-0.2, -0.15) is 0 Å². The van der Waals surface area contributed by atoms with Crippen LogP contribution in [0.25, 0.3) is 0 Å². The maximum atomic E-state index is 11.5. The topological polar surface area (TPSA) is 69.6 Å². The minimum absolute atomic E-state index is 0.0587. The van der Waals surface area contributed by atoms with Crippen LogP contribution in [-0.4, -0.2) is 35.4 Å². The molecule has 1 amide bonds. The summed E-state index contributed by atoms with van der Waals surface area (Å²) in [5, 5.41) is 20.1. The Kier molecular flexibility index (Phi) is 4.27. The number of carbonyl (C=O) groups is 1. The smallest absolute Gasteiger partial charge is 0.251 e. The number of aliphatic hydroxyl groups is 2. The zero-order valence-electron chi connectivity index (χ0n) is 8.60. The molecule has 1 atom stereocenters. The van der Waals surface area contributed by atoms with Gasteiger partial charge in [-0.3, -0.25) is 4.79 Å². The van der Waals surface area contributed by atoms with Crippen molar-refractivity contribution in [1.82, 2.24) is 5.32 Å². The second-order valence-corrected chi connectivity index (χ2v) is 3.41. The summed E-state index contributed by atoms with van der Waals surface area (Å²) in [6, 6.07) is 7.13. The average molecular weight is 209 g/mol. The highest BCUT2D eigenvalue weighted by atomic mass is 16.3. The number of aryl methyl sites for hydroxylation is 1. The Morgan fingerprint density at radius 1 is 1.40 bits per heavy atom. The maximum Gasteiger partial charge on any atom is 0.251 e. The number of hydrogen-bond donors (Lipinski definition) is 3. The molecule has 0 aliphatic carbocycles. The van der Waals surface area contributed by atoms with E-state index < -0.39 is 6.10 Å². The molecule has 4 heteroatoms. The number of aliphatic hydroxyl groups excluding tert-OH is 2. The van der Waals surface area contributed by atoms with Crippen molar-refractivity contribution < 1.29 is 15.0 Å². The molecule has 1 aromatic rings. The lowest BCUT2D eigenvalue weighted by molar-refractivity contribution is 0.0802. The van der Waals surface area contributed by atoms with Crippen molar-refractivity contribution in [2.75, 3.05) is 13.2 Å². The molecule has 0 aliphatic rings. The summed E-state index contributed by atoms with van der Waals surface area (Å²) in [6.45, 7) is 1.65. The molecule has 0 radical (unpaired) electrons. The standard InChI is InChI=1S/C11H15NO3/c1-8-2-4-9(5-3-8)11(15)12-6-10(14)7-13/h2-5,10,13-14H,6-7H2,1H3,(H,12,15)/t10-/m0/s1. The first kappa shape index (κ1) is 11.7. The summed E-state index contributed by atoms with van der Waals surface area (Å²) >= 11 is 0. The van der Waals surface area contributed by atoms with Crippen LogP contribution in [0.4, 0.5) is 0 Å². The predicted octanol–water partition coefficient (Wildman–Crippen LogP) is 0.0780. The Labute approximate surface area is 88.6 Å². The number of rotatable bonds is 4. The monoisotopic (exact) mass is 209 g/mol. The molecule has 0 aromatic heterocycles. The summed E-state index contributed by atoms with van der Waals surface area (Å²) in [6.07, 6.45) is -0.903. The lowest BCUT2D eigenvalue weighted by Crippen LogP contribution is -2.33. The van der Waals surface area contributed by atoms with E-state index in [1.165, 1.54) is 0 Å². The van der Waals surface area contributed by atoms with Crippen molar-refractivity contribution in [3.05, 3.63) is 35.4 Å². The van der Waals surface area contributed by atoms with E-state index in [-0.39, 0.29) is 19.1 Å². The summed E-state index contributed by atoms with van der Waals surface area (Å²) in [7, 11) is 0. The van der Waals surface area contributed by atoms with Gasteiger partial charge in [0.25, 0.3) is 5.91 Å². The average Bonchev–Trinajstić information content (AvgIpc) is 2.26. The molecule has 0 spiro atoms. The zero-order valence-corrected chi connectivity index (χ0v) is 8.60. The van der Waals surface area contributed by atoms with Crippen molar-refractivity contribution in [2.24, 2.45) is 0 Å². The molecular weight excluding hydrogens is 194 g/mol. The van der Waals surface area contributed by atoms with Gasteiger partial charge in [-0.15, -0.1) is 0 Å². The van der Waals surface area contributed by atoms with Crippen LogP contribution < -0.4 is 5.32 Å². The molecule has 15 heavy (non-hydrogen) atoms. The molecule has 0 saturated heterocycles. The van der Waals surface area contributed by atoms with Gasteiger partial charge in [0.1, 0.15) is 0 Å². The van der Waals surface area contributed by atoms with Crippen LogP contribution in [0.3, 0.4) is 0 Å². The SMILES string of the molecule is Cc1ccc(C(=O)NC[C@H](O)CO)cc1. The first-order valence-electron chi connectivity index (χ1n) is 4.77. The fourth-order valence-corrected chi connectivity index (χ4v) is 1.08. The summed E-state index contributed by atoms with van der Waals surface area (Å²) in [5.41, 5.74) is 1.63. The van der Waals surface area contributed by atoms with Crippen molar-refractivity contribution in [3.63, 3.8) is 0 Å². The van der Waals surface area contributed by atoms with Crippen molar-refractivity contribution >= 4 is 5.91 Å².